The summed E-state index contributed by atoms with van der Waals surface area (Å²) in [6.45, 7) is 3.37. The Kier molecular flexibility index (Phi) is 6.86. The molecule has 11 heteroatoms. The highest BCUT2D eigenvalue weighted by Gasteiger charge is 2.13. The number of nitrogens with two attached hydrogens (primary N) is 1. The molecule has 1 heterocycles. The van der Waals surface area contributed by atoms with Gasteiger partial charge in [-0.1, -0.05) is 18.2 Å². The molecule has 0 saturated heterocycles. The van der Waals surface area contributed by atoms with E-state index in [1.165, 1.54) is 37.6 Å². The van der Waals surface area contributed by atoms with Crippen LogP contribution in [0.2, 0.25) is 5.02 Å². The molecule has 2 aromatic carbocycles. The van der Waals surface area contributed by atoms with Gasteiger partial charge >= 0.3 is 0 Å². The highest BCUT2D eigenvalue weighted by atomic mass is 35.5. The van der Waals surface area contributed by atoms with Gasteiger partial charge < -0.3 is 26.4 Å². The van der Waals surface area contributed by atoms with Gasteiger partial charge in [0.15, 0.2) is 5.82 Å². The fourth-order valence-electron chi connectivity index (χ4n) is 2.63. The zero-order chi connectivity index (χ0) is 23.3. The van der Waals surface area contributed by atoms with Crippen LogP contribution in [0.1, 0.15) is 10.4 Å². The van der Waals surface area contributed by atoms with Crippen molar-refractivity contribution in [3.8, 4) is 5.75 Å². The maximum absolute atomic E-state index is 13.7. The Hall–Kier alpha value is -4.18. The number of hydrogen-bond donors (Lipinski definition) is 4. The zero-order valence-electron chi connectivity index (χ0n) is 16.8. The average Bonchev–Trinajstić information content (AvgIpc) is 2.77. The molecule has 2 amide bonds. The number of amides is 2. The van der Waals surface area contributed by atoms with Gasteiger partial charge in [-0.15, -0.1) is 0 Å². The van der Waals surface area contributed by atoms with Crippen molar-refractivity contribution in [2.75, 3.05) is 23.1 Å². The first kappa shape index (κ1) is 22.5. The second-order valence-corrected chi connectivity index (χ2v) is 6.71. The molecule has 0 aliphatic heterocycles. The predicted octanol–water partition coefficient (Wildman–Crippen LogP) is 3.99. The van der Waals surface area contributed by atoms with Crippen LogP contribution in [-0.2, 0) is 4.79 Å². The van der Waals surface area contributed by atoms with Crippen LogP contribution < -0.4 is 26.4 Å². The quantitative estimate of drug-likeness (QED) is 0.377. The third-order valence-corrected chi connectivity index (χ3v) is 4.43. The van der Waals surface area contributed by atoms with Crippen LogP contribution in [0.25, 0.3) is 0 Å². The number of carbonyl (C=O) groups is 2. The molecule has 3 rings (SSSR count). The van der Waals surface area contributed by atoms with Crippen molar-refractivity contribution in [2.45, 2.75) is 0 Å². The second-order valence-electron chi connectivity index (χ2n) is 6.30. The molecule has 0 saturated carbocycles. The number of carbonyl (C=O) groups excluding carboxylic acids is 2. The summed E-state index contributed by atoms with van der Waals surface area (Å²) in [6.07, 6.45) is 2.40. The maximum atomic E-state index is 13.7. The standard InChI is InChI=1S/C21H18ClFN6O3/c1-3-18(30)26-15-9-12(23)5-6-14(15)27-20-13(22)10-25-21(29-20)28-16-8-11(19(24)31)4-7-17(16)32-2/h3-10H,1H2,2H3,(H2,24,31)(H,26,30)(H2,25,27,28,29). The van der Waals surface area contributed by atoms with Gasteiger partial charge in [0.2, 0.25) is 17.8 Å². The minimum Gasteiger partial charge on any atom is -0.495 e. The second kappa shape index (κ2) is 9.75. The summed E-state index contributed by atoms with van der Waals surface area (Å²) in [6, 6.07) is 8.35. The lowest BCUT2D eigenvalue weighted by molar-refractivity contribution is -0.111. The van der Waals surface area contributed by atoms with Crippen LogP contribution in [0, 0.1) is 5.82 Å². The predicted molar refractivity (Wildman–Crippen MR) is 120 cm³/mol. The Morgan fingerprint density at radius 3 is 2.62 bits per heavy atom. The lowest BCUT2D eigenvalue weighted by Crippen LogP contribution is -2.12. The number of benzene rings is 2. The molecule has 0 spiro atoms. The summed E-state index contributed by atoms with van der Waals surface area (Å²) >= 11 is 6.21. The van der Waals surface area contributed by atoms with E-state index in [4.69, 9.17) is 22.1 Å². The number of nitrogens with one attached hydrogen (secondary N) is 3. The van der Waals surface area contributed by atoms with Gasteiger partial charge in [-0.3, -0.25) is 9.59 Å². The molecule has 3 aromatic rings. The molecule has 0 aliphatic carbocycles. The number of halogens is 2. The topological polar surface area (TPSA) is 131 Å². The van der Waals surface area contributed by atoms with Crippen molar-refractivity contribution < 1.29 is 18.7 Å². The van der Waals surface area contributed by atoms with Crippen LogP contribution in [0.5, 0.6) is 5.75 Å². The van der Waals surface area contributed by atoms with E-state index < -0.39 is 17.6 Å². The summed E-state index contributed by atoms with van der Waals surface area (Å²) in [7, 11) is 1.47. The highest BCUT2D eigenvalue weighted by molar-refractivity contribution is 6.33. The maximum Gasteiger partial charge on any atom is 0.248 e. The minimum atomic E-state index is -0.611. The number of aromatic nitrogens is 2. The van der Waals surface area contributed by atoms with Gasteiger partial charge in [0.05, 0.1) is 30.4 Å². The molecule has 1 aromatic heterocycles. The first-order valence-electron chi connectivity index (χ1n) is 9.08. The van der Waals surface area contributed by atoms with Crippen LogP contribution >= 0.6 is 11.6 Å². The fourth-order valence-corrected chi connectivity index (χ4v) is 2.77. The lowest BCUT2D eigenvalue weighted by atomic mass is 10.2. The van der Waals surface area contributed by atoms with E-state index in [0.29, 0.717) is 17.1 Å². The van der Waals surface area contributed by atoms with Gasteiger partial charge in [-0.2, -0.15) is 4.98 Å². The summed E-state index contributed by atoms with van der Waals surface area (Å²) < 4.78 is 19.0. The van der Waals surface area contributed by atoms with Gasteiger partial charge in [0.1, 0.15) is 16.6 Å². The Morgan fingerprint density at radius 2 is 1.94 bits per heavy atom. The molecule has 0 fully saturated rings. The van der Waals surface area contributed by atoms with E-state index in [0.717, 1.165) is 12.1 Å². The summed E-state index contributed by atoms with van der Waals surface area (Å²) in [5.41, 5.74) is 6.49. The monoisotopic (exact) mass is 456 g/mol. The molecule has 0 aliphatic rings. The van der Waals surface area contributed by atoms with Crippen molar-refractivity contribution in [1.29, 1.82) is 0 Å². The van der Waals surface area contributed by atoms with Crippen LogP contribution in [-0.4, -0.2) is 28.9 Å². The Balaban J connectivity index is 1.93. The largest absolute Gasteiger partial charge is 0.495 e. The zero-order valence-corrected chi connectivity index (χ0v) is 17.5. The highest BCUT2D eigenvalue weighted by Crippen LogP contribution is 2.32. The van der Waals surface area contributed by atoms with Gasteiger partial charge in [0, 0.05) is 5.56 Å². The van der Waals surface area contributed by atoms with E-state index in [1.807, 2.05) is 0 Å². The van der Waals surface area contributed by atoms with Gasteiger partial charge in [0.25, 0.3) is 0 Å². The number of hydrogen-bond acceptors (Lipinski definition) is 7. The molecule has 32 heavy (non-hydrogen) atoms. The third kappa shape index (κ3) is 5.29. The average molecular weight is 457 g/mol. The van der Waals surface area contributed by atoms with E-state index in [2.05, 4.69) is 32.5 Å². The van der Waals surface area contributed by atoms with Crippen molar-refractivity contribution in [1.82, 2.24) is 9.97 Å². The lowest BCUT2D eigenvalue weighted by Gasteiger charge is -2.15. The van der Waals surface area contributed by atoms with E-state index in [1.54, 1.807) is 6.07 Å². The molecule has 164 valence electrons. The molecule has 0 bridgehead atoms. The normalized spacial score (nSPS) is 10.2. The van der Waals surface area contributed by atoms with Crippen LogP contribution in [0.15, 0.2) is 55.3 Å². The third-order valence-electron chi connectivity index (χ3n) is 4.15. The smallest absolute Gasteiger partial charge is 0.248 e. The fraction of sp³-hybridized carbons (Fsp3) is 0.0476. The molecular formula is C21H18ClFN6O3. The number of ether oxygens (including phenoxy) is 1. The van der Waals surface area contributed by atoms with E-state index >= 15 is 0 Å². The van der Waals surface area contributed by atoms with E-state index in [9.17, 15) is 14.0 Å². The van der Waals surface area contributed by atoms with Crippen molar-refractivity contribution in [2.24, 2.45) is 5.73 Å². The summed E-state index contributed by atoms with van der Waals surface area (Å²) in [5, 5.41) is 8.55. The number of anilines is 5. The molecular weight excluding hydrogens is 439 g/mol. The van der Waals surface area contributed by atoms with Crippen LogP contribution in [0.4, 0.5) is 33.2 Å². The summed E-state index contributed by atoms with van der Waals surface area (Å²) in [5.74, 6) is -0.953. The van der Waals surface area contributed by atoms with Gasteiger partial charge in [-0.05, 0) is 42.5 Å². The minimum absolute atomic E-state index is 0.121. The SMILES string of the molecule is C=CC(=O)Nc1cc(F)ccc1Nc1nc(Nc2cc(C(N)=O)ccc2OC)ncc1Cl. The molecule has 0 unspecified atom stereocenters. The Labute approximate surface area is 187 Å². The molecule has 0 radical (unpaired) electrons. The van der Waals surface area contributed by atoms with Crippen molar-refractivity contribution >= 4 is 52.2 Å². The molecule has 0 atom stereocenters. The van der Waals surface area contributed by atoms with E-state index in [-0.39, 0.29) is 28.0 Å². The first-order valence-corrected chi connectivity index (χ1v) is 9.46. The molecule has 9 nitrogen and oxygen atoms in total. The number of nitrogens with zero attached hydrogens (tertiary/aromatic N) is 2. The Morgan fingerprint density at radius 1 is 1.16 bits per heavy atom. The first-order chi connectivity index (χ1) is 15.3. The Bertz CT molecular complexity index is 1200. The van der Waals surface area contributed by atoms with Crippen molar-refractivity contribution in [3.05, 3.63) is 71.7 Å². The van der Waals surface area contributed by atoms with Crippen LogP contribution in [0.3, 0.4) is 0 Å². The van der Waals surface area contributed by atoms with Gasteiger partial charge in [-0.25, -0.2) is 9.37 Å². The molecule has 5 N–H and O–H groups in total. The summed E-state index contributed by atoms with van der Waals surface area (Å²) in [4.78, 5) is 31.6. The van der Waals surface area contributed by atoms with Crippen molar-refractivity contribution in [3.63, 3.8) is 0 Å². The number of methoxy groups -OCH3 is 1. The number of rotatable bonds is 8. The number of primary amides is 1.